The summed E-state index contributed by atoms with van der Waals surface area (Å²) in [4.78, 5) is 2.37. The molecule has 2 rings (SSSR count). The van der Waals surface area contributed by atoms with E-state index in [0.717, 1.165) is 38.4 Å². The van der Waals surface area contributed by atoms with Crippen LogP contribution in [0.4, 0.5) is 0 Å². The van der Waals surface area contributed by atoms with Gasteiger partial charge in [-0.25, -0.2) is 0 Å². The van der Waals surface area contributed by atoms with Crippen molar-refractivity contribution in [3.8, 4) is 5.75 Å². The van der Waals surface area contributed by atoms with Gasteiger partial charge in [-0.15, -0.1) is 0 Å². The van der Waals surface area contributed by atoms with Crippen molar-refractivity contribution in [1.82, 2.24) is 4.90 Å². The fourth-order valence-electron chi connectivity index (χ4n) is 2.64. The highest BCUT2D eigenvalue weighted by Gasteiger charge is 2.21. The topological polar surface area (TPSA) is 32.7 Å². The summed E-state index contributed by atoms with van der Waals surface area (Å²) in [5, 5.41) is 9.13. The average Bonchev–Trinajstić information content (AvgIpc) is 2.87. The van der Waals surface area contributed by atoms with Crippen molar-refractivity contribution in [3.05, 3.63) is 29.8 Å². The Morgan fingerprint density at radius 2 is 2.16 bits per heavy atom. The Labute approximate surface area is 116 Å². The van der Waals surface area contributed by atoms with E-state index in [-0.39, 0.29) is 0 Å². The number of benzene rings is 1. The van der Waals surface area contributed by atoms with Crippen molar-refractivity contribution >= 4 is 0 Å². The quantitative estimate of drug-likeness (QED) is 0.856. The fourth-order valence-corrected chi connectivity index (χ4v) is 2.64. The maximum absolute atomic E-state index is 9.13. The summed E-state index contributed by atoms with van der Waals surface area (Å²) in [5.74, 6) is 1.96. The minimum absolute atomic E-state index is 0.313. The van der Waals surface area contributed by atoms with Crippen LogP contribution in [-0.2, 0) is 0 Å². The van der Waals surface area contributed by atoms with E-state index < -0.39 is 0 Å². The van der Waals surface area contributed by atoms with Crippen LogP contribution >= 0.6 is 0 Å². The molecule has 3 nitrogen and oxygen atoms in total. The molecule has 1 atom stereocenters. The Balaban J connectivity index is 1.80. The highest BCUT2D eigenvalue weighted by molar-refractivity contribution is 5.35. The molecule has 0 radical (unpaired) electrons. The Bertz CT molecular complexity index is 392. The highest BCUT2D eigenvalue weighted by Crippen LogP contribution is 2.25. The molecular weight excluding hydrogens is 238 g/mol. The fraction of sp³-hybridized carbons (Fsp3) is 0.625. The second kappa shape index (κ2) is 6.92. The van der Waals surface area contributed by atoms with Crippen LogP contribution in [-0.4, -0.2) is 42.9 Å². The third-order valence-electron chi connectivity index (χ3n) is 3.83. The molecule has 0 amide bonds. The second-order valence-corrected chi connectivity index (χ2v) is 5.68. The number of para-hydroxylation sites is 1. The molecule has 0 saturated carbocycles. The molecular formula is C16H25NO2. The number of ether oxygens (including phenoxy) is 1. The molecule has 1 aromatic rings. The zero-order chi connectivity index (χ0) is 13.7. The number of hydrogen-bond donors (Lipinski definition) is 1. The Morgan fingerprint density at radius 1 is 1.37 bits per heavy atom. The van der Waals surface area contributed by atoms with Gasteiger partial charge >= 0.3 is 0 Å². The number of nitrogens with zero attached hydrogens (tertiary/aromatic N) is 1. The van der Waals surface area contributed by atoms with Crippen molar-refractivity contribution in [2.45, 2.75) is 26.2 Å². The third-order valence-corrected chi connectivity index (χ3v) is 3.83. The van der Waals surface area contributed by atoms with Gasteiger partial charge in [-0.1, -0.05) is 32.0 Å². The SMILES string of the molecule is CC(C)c1ccccc1OCCN1CCC(CO)C1. The summed E-state index contributed by atoms with van der Waals surface area (Å²) in [5.41, 5.74) is 1.28. The predicted molar refractivity (Wildman–Crippen MR) is 77.7 cm³/mol. The van der Waals surface area contributed by atoms with Gasteiger partial charge in [0.2, 0.25) is 0 Å². The van der Waals surface area contributed by atoms with Gasteiger partial charge in [-0.05, 0) is 36.4 Å². The lowest BCUT2D eigenvalue weighted by molar-refractivity contribution is 0.204. The van der Waals surface area contributed by atoms with Crippen LogP contribution in [0.25, 0.3) is 0 Å². The minimum Gasteiger partial charge on any atom is -0.492 e. The van der Waals surface area contributed by atoms with Gasteiger partial charge in [0.1, 0.15) is 12.4 Å². The number of aliphatic hydroxyl groups excluding tert-OH is 1. The zero-order valence-electron chi connectivity index (χ0n) is 12.0. The molecule has 3 heteroatoms. The van der Waals surface area contributed by atoms with Crippen LogP contribution in [0.15, 0.2) is 24.3 Å². The molecule has 1 heterocycles. The molecule has 1 aliphatic heterocycles. The van der Waals surface area contributed by atoms with Crippen molar-refractivity contribution in [1.29, 1.82) is 0 Å². The van der Waals surface area contributed by atoms with E-state index in [2.05, 4.69) is 36.9 Å². The van der Waals surface area contributed by atoms with Crippen LogP contribution < -0.4 is 4.74 Å². The molecule has 0 aromatic heterocycles. The van der Waals surface area contributed by atoms with Crippen molar-refractivity contribution in [2.24, 2.45) is 5.92 Å². The largest absolute Gasteiger partial charge is 0.492 e. The van der Waals surface area contributed by atoms with E-state index in [1.165, 1.54) is 5.56 Å². The molecule has 1 aliphatic rings. The smallest absolute Gasteiger partial charge is 0.122 e. The van der Waals surface area contributed by atoms with Gasteiger partial charge in [0, 0.05) is 19.7 Å². The monoisotopic (exact) mass is 263 g/mol. The number of likely N-dealkylation sites (tertiary alicyclic amines) is 1. The predicted octanol–water partition coefficient (Wildman–Crippen LogP) is 2.50. The van der Waals surface area contributed by atoms with Crippen LogP contribution in [0.1, 0.15) is 31.7 Å². The molecule has 19 heavy (non-hydrogen) atoms. The van der Waals surface area contributed by atoms with Gasteiger partial charge in [0.25, 0.3) is 0 Å². The zero-order valence-corrected chi connectivity index (χ0v) is 12.0. The number of aliphatic hydroxyl groups is 1. The number of hydrogen-bond acceptors (Lipinski definition) is 3. The van der Waals surface area contributed by atoms with Crippen molar-refractivity contribution in [2.75, 3.05) is 32.8 Å². The van der Waals surface area contributed by atoms with Crippen LogP contribution in [0.2, 0.25) is 0 Å². The standard InChI is InChI=1S/C16H25NO2/c1-13(2)15-5-3-4-6-16(15)19-10-9-17-8-7-14(11-17)12-18/h3-6,13-14,18H,7-12H2,1-2H3. The molecule has 1 saturated heterocycles. The van der Waals surface area contributed by atoms with E-state index in [4.69, 9.17) is 9.84 Å². The lowest BCUT2D eigenvalue weighted by Crippen LogP contribution is -2.26. The summed E-state index contributed by atoms with van der Waals surface area (Å²) >= 11 is 0. The normalized spacial score (nSPS) is 20.1. The maximum atomic E-state index is 9.13. The van der Waals surface area contributed by atoms with Crippen LogP contribution in [0.5, 0.6) is 5.75 Å². The first-order chi connectivity index (χ1) is 9.20. The molecule has 1 N–H and O–H groups in total. The first kappa shape index (κ1) is 14.4. The van der Waals surface area contributed by atoms with Gasteiger partial charge in [0.15, 0.2) is 0 Å². The summed E-state index contributed by atoms with van der Waals surface area (Å²) in [7, 11) is 0. The van der Waals surface area contributed by atoms with Crippen LogP contribution in [0.3, 0.4) is 0 Å². The van der Waals surface area contributed by atoms with E-state index in [1.807, 2.05) is 6.07 Å². The summed E-state index contributed by atoms with van der Waals surface area (Å²) in [6, 6.07) is 8.28. The lowest BCUT2D eigenvalue weighted by Gasteiger charge is -2.18. The van der Waals surface area contributed by atoms with Crippen molar-refractivity contribution < 1.29 is 9.84 Å². The van der Waals surface area contributed by atoms with E-state index in [9.17, 15) is 0 Å². The minimum atomic E-state index is 0.313. The Morgan fingerprint density at radius 3 is 2.84 bits per heavy atom. The molecule has 1 fully saturated rings. The van der Waals surface area contributed by atoms with E-state index in [1.54, 1.807) is 0 Å². The molecule has 106 valence electrons. The number of rotatable bonds is 6. The van der Waals surface area contributed by atoms with Gasteiger partial charge in [0.05, 0.1) is 0 Å². The maximum Gasteiger partial charge on any atom is 0.122 e. The van der Waals surface area contributed by atoms with Crippen LogP contribution in [0, 0.1) is 5.92 Å². The van der Waals surface area contributed by atoms with Gasteiger partial charge < -0.3 is 9.84 Å². The highest BCUT2D eigenvalue weighted by atomic mass is 16.5. The molecule has 0 aliphatic carbocycles. The Hall–Kier alpha value is -1.06. The van der Waals surface area contributed by atoms with Gasteiger partial charge in [-0.2, -0.15) is 0 Å². The molecule has 1 unspecified atom stereocenters. The lowest BCUT2D eigenvalue weighted by atomic mass is 10.0. The summed E-state index contributed by atoms with van der Waals surface area (Å²) in [6.45, 7) is 8.45. The summed E-state index contributed by atoms with van der Waals surface area (Å²) in [6.07, 6.45) is 1.11. The average molecular weight is 263 g/mol. The molecule has 0 spiro atoms. The first-order valence-electron chi connectivity index (χ1n) is 7.25. The van der Waals surface area contributed by atoms with Crippen molar-refractivity contribution in [3.63, 3.8) is 0 Å². The first-order valence-corrected chi connectivity index (χ1v) is 7.25. The van der Waals surface area contributed by atoms with E-state index >= 15 is 0 Å². The summed E-state index contributed by atoms with van der Waals surface area (Å²) < 4.78 is 5.93. The molecule has 0 bridgehead atoms. The second-order valence-electron chi connectivity index (χ2n) is 5.68. The van der Waals surface area contributed by atoms with Gasteiger partial charge in [-0.3, -0.25) is 4.90 Å². The molecule has 1 aromatic carbocycles. The third kappa shape index (κ3) is 3.95. The Kier molecular flexibility index (Phi) is 5.23. The van der Waals surface area contributed by atoms with E-state index in [0.29, 0.717) is 18.4 Å².